The average molecular weight is 538 g/mol. The van der Waals surface area contributed by atoms with Crippen LogP contribution in [0, 0.1) is 19.7 Å². The highest BCUT2D eigenvalue weighted by atomic mass is 35.5. The number of nitrogens with one attached hydrogen (secondary N) is 2. The fourth-order valence-corrected chi connectivity index (χ4v) is 4.24. The van der Waals surface area contributed by atoms with Gasteiger partial charge in [0.15, 0.2) is 5.11 Å². The molecule has 0 unspecified atom stereocenters. The number of rotatable bonds is 6. The largest absolute Gasteiger partial charge is 0.330 e. The minimum Gasteiger partial charge on any atom is -0.330 e. The molecule has 0 fully saturated rings. The van der Waals surface area contributed by atoms with Crippen molar-refractivity contribution in [3.63, 3.8) is 0 Å². The molecular formula is C23H20Cl3FN6S. The molecular weight excluding hydrogens is 518 g/mol. The van der Waals surface area contributed by atoms with Gasteiger partial charge in [-0.05, 0) is 55.9 Å². The van der Waals surface area contributed by atoms with Gasteiger partial charge in [0, 0.05) is 16.8 Å². The van der Waals surface area contributed by atoms with E-state index in [4.69, 9.17) is 47.0 Å². The van der Waals surface area contributed by atoms with Crippen molar-refractivity contribution in [1.82, 2.24) is 19.6 Å². The first-order valence-corrected chi connectivity index (χ1v) is 11.8. The smallest absolute Gasteiger partial charge is 0.175 e. The Balaban J connectivity index is 1.42. The van der Waals surface area contributed by atoms with Crippen LogP contribution in [-0.4, -0.2) is 24.7 Å². The van der Waals surface area contributed by atoms with E-state index < -0.39 is 0 Å². The molecule has 0 saturated carbocycles. The summed E-state index contributed by atoms with van der Waals surface area (Å²) in [5.74, 6) is -0.376. The highest BCUT2D eigenvalue weighted by Gasteiger charge is 2.14. The lowest BCUT2D eigenvalue weighted by Gasteiger charge is -2.10. The van der Waals surface area contributed by atoms with Gasteiger partial charge in [-0.3, -0.25) is 9.36 Å². The lowest BCUT2D eigenvalue weighted by atomic mass is 10.2. The number of benzene rings is 2. The van der Waals surface area contributed by atoms with Crippen molar-refractivity contribution in [3.8, 4) is 0 Å². The minimum atomic E-state index is -0.376. The van der Waals surface area contributed by atoms with Crippen molar-refractivity contribution < 1.29 is 4.39 Å². The summed E-state index contributed by atoms with van der Waals surface area (Å²) in [6, 6.07) is 10.1. The van der Waals surface area contributed by atoms with Crippen LogP contribution >= 0.6 is 47.0 Å². The zero-order valence-electron chi connectivity index (χ0n) is 18.2. The molecule has 2 heterocycles. The molecule has 4 aromatic rings. The average Bonchev–Trinajstić information content (AvgIpc) is 3.32. The zero-order valence-corrected chi connectivity index (χ0v) is 21.3. The second-order valence-corrected chi connectivity index (χ2v) is 9.29. The molecule has 0 bridgehead atoms. The van der Waals surface area contributed by atoms with Gasteiger partial charge in [0.1, 0.15) is 5.82 Å². The monoisotopic (exact) mass is 536 g/mol. The van der Waals surface area contributed by atoms with Crippen LogP contribution in [0.25, 0.3) is 0 Å². The maximum Gasteiger partial charge on any atom is 0.175 e. The van der Waals surface area contributed by atoms with Gasteiger partial charge >= 0.3 is 0 Å². The van der Waals surface area contributed by atoms with Crippen LogP contribution in [-0.2, 0) is 13.1 Å². The molecule has 0 aliphatic carbocycles. The molecule has 2 aromatic heterocycles. The highest BCUT2D eigenvalue weighted by molar-refractivity contribution is 7.80. The molecule has 11 heteroatoms. The summed E-state index contributed by atoms with van der Waals surface area (Å²) in [5.41, 5.74) is 4.53. The lowest BCUT2D eigenvalue weighted by Crippen LogP contribution is -2.19. The summed E-state index contributed by atoms with van der Waals surface area (Å²) in [4.78, 5) is 0. The zero-order chi connectivity index (χ0) is 24.4. The molecule has 34 heavy (non-hydrogen) atoms. The van der Waals surface area contributed by atoms with E-state index >= 15 is 0 Å². The number of nitrogens with zero attached hydrogens (tertiary/aromatic N) is 4. The maximum absolute atomic E-state index is 14.1. The number of aryl methyl sites for hydroxylation is 1. The quantitative estimate of drug-likeness (QED) is 0.268. The van der Waals surface area contributed by atoms with Crippen molar-refractivity contribution in [2.75, 3.05) is 10.6 Å². The van der Waals surface area contributed by atoms with E-state index in [0.29, 0.717) is 38.0 Å². The van der Waals surface area contributed by atoms with Crippen LogP contribution < -0.4 is 10.6 Å². The first-order chi connectivity index (χ1) is 16.2. The third kappa shape index (κ3) is 5.52. The first-order valence-electron chi connectivity index (χ1n) is 10.2. The lowest BCUT2D eigenvalue weighted by molar-refractivity contribution is 0.585. The molecule has 0 atom stereocenters. The highest BCUT2D eigenvalue weighted by Crippen LogP contribution is 2.25. The maximum atomic E-state index is 14.1. The van der Waals surface area contributed by atoms with Gasteiger partial charge in [0.2, 0.25) is 0 Å². The van der Waals surface area contributed by atoms with E-state index in [9.17, 15) is 4.39 Å². The van der Waals surface area contributed by atoms with E-state index in [1.807, 2.05) is 30.7 Å². The minimum absolute atomic E-state index is 0.201. The third-order valence-electron chi connectivity index (χ3n) is 5.21. The van der Waals surface area contributed by atoms with E-state index in [0.717, 1.165) is 22.6 Å². The molecule has 2 aromatic carbocycles. The third-order valence-corrected chi connectivity index (χ3v) is 6.51. The van der Waals surface area contributed by atoms with Gasteiger partial charge < -0.3 is 10.6 Å². The van der Waals surface area contributed by atoms with Crippen LogP contribution in [0.15, 0.2) is 48.8 Å². The number of halogens is 4. The Morgan fingerprint density at radius 2 is 1.82 bits per heavy atom. The molecule has 6 nitrogen and oxygen atoms in total. The fourth-order valence-electron chi connectivity index (χ4n) is 3.48. The Morgan fingerprint density at radius 1 is 1.03 bits per heavy atom. The van der Waals surface area contributed by atoms with Crippen molar-refractivity contribution in [2.45, 2.75) is 26.9 Å². The molecule has 0 aliphatic heterocycles. The number of anilines is 2. The van der Waals surface area contributed by atoms with Crippen molar-refractivity contribution in [3.05, 3.63) is 92.2 Å². The summed E-state index contributed by atoms with van der Waals surface area (Å²) >= 11 is 23.7. The Morgan fingerprint density at radius 3 is 2.56 bits per heavy atom. The predicted octanol–water partition coefficient (Wildman–Crippen LogP) is 6.70. The van der Waals surface area contributed by atoms with Crippen molar-refractivity contribution in [1.29, 1.82) is 0 Å². The molecule has 0 spiro atoms. The topological polar surface area (TPSA) is 59.7 Å². The summed E-state index contributed by atoms with van der Waals surface area (Å²) in [6.45, 7) is 4.60. The van der Waals surface area contributed by atoms with E-state index in [2.05, 4.69) is 20.8 Å². The number of hydrogen-bond acceptors (Lipinski definition) is 3. The van der Waals surface area contributed by atoms with Crippen LogP contribution in [0.5, 0.6) is 0 Å². The number of thiocarbonyl (C=S) groups is 1. The van der Waals surface area contributed by atoms with Gasteiger partial charge in [-0.2, -0.15) is 10.2 Å². The Kier molecular flexibility index (Phi) is 7.42. The van der Waals surface area contributed by atoms with Gasteiger partial charge in [-0.15, -0.1) is 0 Å². The first kappa shape index (κ1) is 24.5. The number of hydrogen-bond donors (Lipinski definition) is 2. The number of aromatic nitrogens is 4. The molecule has 176 valence electrons. The van der Waals surface area contributed by atoms with Gasteiger partial charge in [-0.25, -0.2) is 4.39 Å². The summed E-state index contributed by atoms with van der Waals surface area (Å²) in [7, 11) is 0. The summed E-state index contributed by atoms with van der Waals surface area (Å²) in [5, 5.41) is 16.9. The van der Waals surface area contributed by atoms with Crippen LogP contribution in [0.3, 0.4) is 0 Å². The van der Waals surface area contributed by atoms with Crippen LogP contribution in [0.4, 0.5) is 15.8 Å². The van der Waals surface area contributed by atoms with Gasteiger partial charge in [-0.1, -0.05) is 46.9 Å². The fraction of sp³-hybridized carbons (Fsp3) is 0.174. The normalized spacial score (nSPS) is 11.0. The molecule has 0 radical (unpaired) electrons. The molecule has 0 saturated heterocycles. The standard InChI is InChI=1S/C23H20Cl3FN6S/c1-13-22(14(2)33(31-13)10-15-6-7-19(25)20(26)8-15)30-23(34)29-16-9-28-32(11-16)12-17-18(24)4-3-5-21(17)27/h3-9,11H,10,12H2,1-2H3,(H2,29,30,34). The SMILES string of the molecule is Cc1nn(Cc2ccc(Cl)c(Cl)c2)c(C)c1NC(=S)Nc1cnn(Cc2c(F)cccc2Cl)c1. The second kappa shape index (κ2) is 10.3. The second-order valence-electron chi connectivity index (χ2n) is 7.66. The predicted molar refractivity (Wildman–Crippen MR) is 140 cm³/mol. The van der Waals surface area contributed by atoms with E-state index in [1.54, 1.807) is 35.3 Å². The summed E-state index contributed by atoms with van der Waals surface area (Å²) in [6.07, 6.45) is 3.33. The molecule has 4 rings (SSSR count). The molecule has 2 N–H and O–H groups in total. The summed E-state index contributed by atoms with van der Waals surface area (Å²) < 4.78 is 17.5. The van der Waals surface area contributed by atoms with E-state index in [-0.39, 0.29) is 12.4 Å². The van der Waals surface area contributed by atoms with Gasteiger partial charge in [0.05, 0.1) is 52.1 Å². The Hall–Kier alpha value is -2.65. The molecule has 0 amide bonds. The van der Waals surface area contributed by atoms with Gasteiger partial charge in [0.25, 0.3) is 0 Å². The van der Waals surface area contributed by atoms with E-state index in [1.165, 1.54) is 6.07 Å². The molecule has 0 aliphatic rings. The Bertz CT molecular complexity index is 1350. The Labute approximate surface area is 216 Å². The van der Waals surface area contributed by atoms with Crippen LogP contribution in [0.1, 0.15) is 22.5 Å². The van der Waals surface area contributed by atoms with Crippen molar-refractivity contribution in [2.24, 2.45) is 0 Å². The van der Waals surface area contributed by atoms with Crippen LogP contribution in [0.2, 0.25) is 15.1 Å². The van der Waals surface area contributed by atoms with Crippen molar-refractivity contribution >= 4 is 63.5 Å².